The minimum atomic E-state index is -4.02. The molecular weight excluding hydrogens is 390 g/mol. The first kappa shape index (κ1) is 21.3. The van der Waals surface area contributed by atoms with Crippen LogP contribution in [0.4, 0.5) is 5.69 Å². The van der Waals surface area contributed by atoms with Crippen molar-refractivity contribution >= 4 is 28.1 Å². The summed E-state index contributed by atoms with van der Waals surface area (Å²) in [6.07, 6.45) is 0. The van der Waals surface area contributed by atoms with Gasteiger partial charge < -0.3 is 5.73 Å². The van der Waals surface area contributed by atoms with Crippen molar-refractivity contribution in [2.45, 2.75) is 30.7 Å². The van der Waals surface area contributed by atoms with Gasteiger partial charge in [0.05, 0.1) is 4.92 Å². The van der Waals surface area contributed by atoms with Crippen LogP contribution in [0, 0.1) is 24.0 Å². The van der Waals surface area contributed by atoms with Crippen LogP contribution in [0.25, 0.3) is 0 Å². The lowest BCUT2D eigenvalue weighted by atomic mass is 9.95. The Labute approximate surface area is 164 Å². The van der Waals surface area contributed by atoms with Crippen LogP contribution in [-0.2, 0) is 10.0 Å². The first-order chi connectivity index (χ1) is 12.2. The first-order valence-electron chi connectivity index (χ1n) is 8.28. The molecule has 0 bridgehead atoms. The number of hydrogen-bond acceptors (Lipinski definition) is 5. The van der Waals surface area contributed by atoms with E-state index in [1.54, 1.807) is 13.8 Å². The second-order valence-corrected chi connectivity index (χ2v) is 8.57. The third kappa shape index (κ3) is 3.98. The molecule has 1 aliphatic rings. The highest BCUT2D eigenvalue weighted by molar-refractivity contribution is 7.89. The molecule has 2 aromatic rings. The van der Waals surface area contributed by atoms with Crippen LogP contribution < -0.4 is 5.73 Å². The van der Waals surface area contributed by atoms with Crippen molar-refractivity contribution in [1.29, 1.82) is 0 Å². The Kier molecular flexibility index (Phi) is 6.26. The summed E-state index contributed by atoms with van der Waals surface area (Å²) >= 11 is 0. The SMILES string of the molecule is Cc1cc([N+](=O)[O-])c(S(=O)(=O)N2C[C@@H](N)[C@H](c3ccccc3)C2)cc1C.Cl. The van der Waals surface area contributed by atoms with E-state index in [2.05, 4.69) is 0 Å². The second-order valence-electron chi connectivity index (χ2n) is 6.66. The molecule has 7 nitrogen and oxygen atoms in total. The zero-order valence-electron chi connectivity index (χ0n) is 15.0. The maximum Gasteiger partial charge on any atom is 0.289 e. The van der Waals surface area contributed by atoms with Gasteiger partial charge in [0, 0.05) is 31.1 Å². The Morgan fingerprint density at radius 3 is 2.30 bits per heavy atom. The zero-order valence-corrected chi connectivity index (χ0v) is 16.7. The zero-order chi connectivity index (χ0) is 19.1. The summed E-state index contributed by atoms with van der Waals surface area (Å²) in [6, 6.07) is 11.8. The Morgan fingerprint density at radius 2 is 1.70 bits per heavy atom. The van der Waals surface area contributed by atoms with Crippen LogP contribution in [0.5, 0.6) is 0 Å². The maximum atomic E-state index is 13.1. The van der Waals surface area contributed by atoms with Crippen LogP contribution in [-0.4, -0.2) is 36.8 Å². The van der Waals surface area contributed by atoms with Gasteiger partial charge >= 0.3 is 0 Å². The highest BCUT2D eigenvalue weighted by Crippen LogP contribution is 2.34. The Bertz CT molecular complexity index is 951. The lowest BCUT2D eigenvalue weighted by Crippen LogP contribution is -2.32. The molecular formula is C18H22ClN3O4S. The van der Waals surface area contributed by atoms with Crippen LogP contribution in [0.1, 0.15) is 22.6 Å². The van der Waals surface area contributed by atoms with Gasteiger partial charge in [0.1, 0.15) is 0 Å². The van der Waals surface area contributed by atoms with Crippen molar-refractivity contribution < 1.29 is 13.3 Å². The number of nitrogens with two attached hydrogens (primary N) is 1. The number of hydrogen-bond donors (Lipinski definition) is 1. The summed E-state index contributed by atoms with van der Waals surface area (Å²) in [4.78, 5) is 10.5. The van der Waals surface area contributed by atoms with Crippen molar-refractivity contribution in [2.75, 3.05) is 13.1 Å². The number of nitrogens with zero attached hydrogens (tertiary/aromatic N) is 2. The fourth-order valence-corrected chi connectivity index (χ4v) is 5.03. The summed E-state index contributed by atoms with van der Waals surface area (Å²) in [5.74, 6) is -0.142. The Hall–Kier alpha value is -2.00. The largest absolute Gasteiger partial charge is 0.326 e. The van der Waals surface area contributed by atoms with Gasteiger partial charge in [-0.05, 0) is 36.6 Å². The molecule has 1 aliphatic heterocycles. The quantitative estimate of drug-likeness (QED) is 0.614. The number of sulfonamides is 1. The number of nitro benzene ring substituents is 1. The molecule has 3 rings (SSSR count). The second kappa shape index (κ2) is 7.93. The van der Waals surface area contributed by atoms with Crippen LogP contribution >= 0.6 is 12.4 Å². The smallest absolute Gasteiger partial charge is 0.289 e. The monoisotopic (exact) mass is 411 g/mol. The third-order valence-electron chi connectivity index (χ3n) is 4.95. The average molecular weight is 412 g/mol. The topological polar surface area (TPSA) is 107 Å². The van der Waals surface area contributed by atoms with E-state index in [1.165, 1.54) is 16.4 Å². The summed E-state index contributed by atoms with van der Waals surface area (Å²) in [5, 5.41) is 11.4. The fourth-order valence-electron chi connectivity index (χ4n) is 3.30. The Morgan fingerprint density at radius 1 is 1.11 bits per heavy atom. The minimum Gasteiger partial charge on any atom is -0.326 e. The number of aryl methyl sites for hydroxylation is 2. The molecule has 2 aromatic carbocycles. The molecule has 0 aliphatic carbocycles. The molecule has 0 saturated carbocycles. The molecule has 2 N–H and O–H groups in total. The first-order valence-corrected chi connectivity index (χ1v) is 9.72. The molecule has 2 atom stereocenters. The van der Waals surface area contributed by atoms with Gasteiger partial charge in [-0.1, -0.05) is 30.3 Å². The normalized spacial score (nSPS) is 20.3. The summed E-state index contributed by atoms with van der Waals surface area (Å²) in [7, 11) is -4.02. The summed E-state index contributed by atoms with van der Waals surface area (Å²) in [5.41, 5.74) is 8.12. The van der Waals surface area contributed by atoms with Gasteiger partial charge in [-0.25, -0.2) is 8.42 Å². The highest BCUT2D eigenvalue weighted by Gasteiger charge is 2.40. The van der Waals surface area contributed by atoms with Crippen molar-refractivity contribution in [3.8, 4) is 0 Å². The Balaban J connectivity index is 0.00000261. The standard InChI is InChI=1S/C18H21N3O4S.ClH/c1-12-8-17(21(22)23)18(9-13(12)2)26(24,25)20-10-15(16(19)11-20)14-6-4-3-5-7-14;/h3-9,15-16H,10-11,19H2,1-2H3;1H/t15-,16+;/m0./s1. The number of halogens is 1. The highest BCUT2D eigenvalue weighted by atomic mass is 35.5. The molecule has 0 radical (unpaired) electrons. The predicted molar refractivity (Wildman–Crippen MR) is 106 cm³/mol. The average Bonchev–Trinajstić information content (AvgIpc) is 3.00. The van der Waals surface area contributed by atoms with Crippen LogP contribution in [0.3, 0.4) is 0 Å². The van der Waals surface area contributed by atoms with E-state index in [1.807, 2.05) is 30.3 Å². The molecule has 0 spiro atoms. The van der Waals surface area contributed by atoms with Crippen molar-refractivity contribution in [2.24, 2.45) is 5.73 Å². The van der Waals surface area contributed by atoms with E-state index in [9.17, 15) is 18.5 Å². The van der Waals surface area contributed by atoms with Gasteiger partial charge in [-0.3, -0.25) is 10.1 Å². The third-order valence-corrected chi connectivity index (χ3v) is 6.81. The lowest BCUT2D eigenvalue weighted by Gasteiger charge is -2.17. The van der Waals surface area contributed by atoms with E-state index in [0.29, 0.717) is 11.1 Å². The molecule has 0 aromatic heterocycles. The van der Waals surface area contributed by atoms with Gasteiger partial charge in [-0.2, -0.15) is 4.31 Å². The maximum absolute atomic E-state index is 13.1. The summed E-state index contributed by atoms with van der Waals surface area (Å²) in [6.45, 7) is 3.79. The van der Waals surface area contributed by atoms with Gasteiger partial charge in [0.15, 0.2) is 4.90 Å². The van der Waals surface area contributed by atoms with E-state index in [4.69, 9.17) is 5.73 Å². The van der Waals surface area contributed by atoms with Gasteiger partial charge in [0.2, 0.25) is 10.0 Å². The van der Waals surface area contributed by atoms with Crippen LogP contribution in [0.2, 0.25) is 0 Å². The summed E-state index contributed by atoms with van der Waals surface area (Å²) < 4.78 is 27.5. The molecule has 1 saturated heterocycles. The number of benzene rings is 2. The van der Waals surface area contributed by atoms with E-state index >= 15 is 0 Å². The molecule has 146 valence electrons. The molecule has 27 heavy (non-hydrogen) atoms. The van der Waals surface area contributed by atoms with E-state index in [-0.39, 0.29) is 42.4 Å². The molecule has 0 unspecified atom stereocenters. The van der Waals surface area contributed by atoms with Crippen molar-refractivity contribution in [3.63, 3.8) is 0 Å². The van der Waals surface area contributed by atoms with E-state index in [0.717, 1.165) is 5.56 Å². The molecule has 1 heterocycles. The number of nitro groups is 1. The van der Waals surface area contributed by atoms with E-state index < -0.39 is 20.6 Å². The van der Waals surface area contributed by atoms with Gasteiger partial charge in [0.25, 0.3) is 5.69 Å². The molecule has 9 heteroatoms. The lowest BCUT2D eigenvalue weighted by molar-refractivity contribution is -0.387. The van der Waals surface area contributed by atoms with Crippen LogP contribution in [0.15, 0.2) is 47.4 Å². The minimum absolute atomic E-state index is 0. The van der Waals surface area contributed by atoms with Gasteiger partial charge in [-0.15, -0.1) is 12.4 Å². The van der Waals surface area contributed by atoms with Crippen molar-refractivity contribution in [1.82, 2.24) is 4.31 Å². The molecule has 0 amide bonds. The fraction of sp³-hybridized carbons (Fsp3) is 0.333. The molecule has 1 fully saturated rings. The van der Waals surface area contributed by atoms with Crippen molar-refractivity contribution in [3.05, 3.63) is 69.3 Å². The number of rotatable bonds is 4. The predicted octanol–water partition coefficient (Wildman–Crippen LogP) is 2.75.